The molecule has 172 valence electrons. The molecule has 0 saturated carbocycles. The van der Waals surface area contributed by atoms with E-state index in [4.69, 9.17) is 9.72 Å². The first-order valence-electron chi connectivity index (χ1n) is 10.9. The van der Waals surface area contributed by atoms with Crippen LogP contribution in [0.15, 0.2) is 52.5 Å². The number of hydrogen-bond donors (Lipinski definition) is 1. The van der Waals surface area contributed by atoms with Crippen molar-refractivity contribution in [3.63, 3.8) is 0 Å². The highest BCUT2D eigenvalue weighted by Crippen LogP contribution is 2.31. The number of carbonyl (C=O) groups is 1. The van der Waals surface area contributed by atoms with Gasteiger partial charge in [-0.25, -0.2) is 9.97 Å². The lowest BCUT2D eigenvalue weighted by Gasteiger charge is -2.15. The first kappa shape index (κ1) is 23.3. The zero-order valence-electron chi connectivity index (χ0n) is 18.8. The van der Waals surface area contributed by atoms with Crippen LogP contribution < -0.4 is 15.6 Å². The minimum absolute atomic E-state index is 0.0817. The van der Waals surface area contributed by atoms with E-state index in [2.05, 4.69) is 10.3 Å². The average molecular weight is 483 g/mol. The molecule has 0 bridgehead atoms. The molecular weight excluding hydrogens is 456 g/mol. The number of rotatable bonds is 9. The van der Waals surface area contributed by atoms with Gasteiger partial charge in [-0.05, 0) is 38.5 Å². The van der Waals surface area contributed by atoms with E-state index in [0.717, 1.165) is 28.0 Å². The van der Waals surface area contributed by atoms with Gasteiger partial charge in [0, 0.05) is 23.2 Å². The molecule has 0 aliphatic rings. The molecule has 1 atom stereocenters. The largest absolute Gasteiger partial charge is 0.494 e. The van der Waals surface area contributed by atoms with Crippen molar-refractivity contribution in [3.05, 3.63) is 58.5 Å². The fraction of sp³-hybridized carbons (Fsp3) is 0.333. The maximum Gasteiger partial charge on any atom is 0.272 e. The molecule has 0 spiro atoms. The van der Waals surface area contributed by atoms with Gasteiger partial charge in [-0.15, -0.1) is 11.3 Å². The van der Waals surface area contributed by atoms with E-state index in [1.54, 1.807) is 10.8 Å². The molecule has 1 N–H and O–H groups in total. The molecule has 0 aliphatic heterocycles. The van der Waals surface area contributed by atoms with Crippen LogP contribution >= 0.6 is 23.1 Å². The number of para-hydroxylation sites is 1. The zero-order valence-corrected chi connectivity index (χ0v) is 20.5. The van der Waals surface area contributed by atoms with Crippen LogP contribution in [0.5, 0.6) is 5.75 Å². The Morgan fingerprint density at radius 3 is 2.85 bits per heavy atom. The van der Waals surface area contributed by atoms with Gasteiger partial charge in [0.15, 0.2) is 5.16 Å². The molecule has 7 nitrogen and oxygen atoms in total. The third-order valence-corrected chi connectivity index (χ3v) is 7.34. The van der Waals surface area contributed by atoms with E-state index in [0.29, 0.717) is 28.5 Å². The van der Waals surface area contributed by atoms with Crippen LogP contribution in [0.1, 0.15) is 32.8 Å². The van der Waals surface area contributed by atoms with Crippen molar-refractivity contribution in [1.82, 2.24) is 19.9 Å². The summed E-state index contributed by atoms with van der Waals surface area (Å²) in [4.78, 5) is 36.1. The smallest absolute Gasteiger partial charge is 0.272 e. The van der Waals surface area contributed by atoms with E-state index in [1.807, 2.05) is 57.2 Å². The summed E-state index contributed by atoms with van der Waals surface area (Å²) < 4.78 is 7.96. The SMILES string of the molecule is CCOc1ccccc1Cn1c(SCC(=O)N[C@@H](C)CC)nc2c(sc3ncccc32)c1=O. The standard InChI is InChI=1S/C24H26N4O3S2/c1-4-15(3)26-19(29)14-32-24-27-20-17-10-8-12-25-22(17)33-21(20)23(30)28(24)13-16-9-6-7-11-18(16)31-5-2/h6-12,15H,4-5,13-14H2,1-3H3,(H,26,29)/t15-/m0/s1. The van der Waals surface area contributed by atoms with Crippen LogP contribution in [0, 0.1) is 0 Å². The van der Waals surface area contributed by atoms with E-state index in [9.17, 15) is 9.59 Å². The van der Waals surface area contributed by atoms with E-state index < -0.39 is 0 Å². The van der Waals surface area contributed by atoms with Crippen LogP contribution in [0.25, 0.3) is 20.4 Å². The molecule has 9 heteroatoms. The number of amides is 1. The number of thiophene rings is 1. The predicted molar refractivity (Wildman–Crippen MR) is 135 cm³/mol. The summed E-state index contributed by atoms with van der Waals surface area (Å²) in [5.41, 5.74) is 1.37. The first-order valence-corrected chi connectivity index (χ1v) is 12.7. The normalized spacial score (nSPS) is 12.2. The number of aromatic nitrogens is 3. The number of hydrogen-bond acceptors (Lipinski definition) is 7. The minimum atomic E-state index is -0.140. The van der Waals surface area contributed by atoms with Crippen molar-refractivity contribution in [3.8, 4) is 5.75 Å². The van der Waals surface area contributed by atoms with Crippen LogP contribution in [0.2, 0.25) is 0 Å². The van der Waals surface area contributed by atoms with Crippen molar-refractivity contribution >= 4 is 49.4 Å². The highest BCUT2D eigenvalue weighted by atomic mass is 32.2. The molecule has 1 aromatic carbocycles. The van der Waals surface area contributed by atoms with E-state index >= 15 is 0 Å². The molecule has 33 heavy (non-hydrogen) atoms. The number of benzene rings is 1. The summed E-state index contributed by atoms with van der Waals surface area (Å²) in [6, 6.07) is 11.5. The van der Waals surface area contributed by atoms with E-state index in [-0.39, 0.29) is 23.3 Å². The number of pyridine rings is 1. The van der Waals surface area contributed by atoms with Crippen molar-refractivity contribution in [1.29, 1.82) is 0 Å². The highest BCUT2D eigenvalue weighted by Gasteiger charge is 2.19. The Morgan fingerprint density at radius 2 is 2.06 bits per heavy atom. The second-order valence-electron chi connectivity index (χ2n) is 7.63. The van der Waals surface area contributed by atoms with Crippen molar-refractivity contribution in [2.24, 2.45) is 0 Å². The van der Waals surface area contributed by atoms with Gasteiger partial charge in [-0.2, -0.15) is 0 Å². The second-order valence-corrected chi connectivity index (χ2v) is 9.57. The zero-order chi connectivity index (χ0) is 23.4. The highest BCUT2D eigenvalue weighted by molar-refractivity contribution is 7.99. The van der Waals surface area contributed by atoms with Crippen molar-refractivity contribution in [2.75, 3.05) is 12.4 Å². The third-order valence-electron chi connectivity index (χ3n) is 5.27. The van der Waals surface area contributed by atoms with Gasteiger partial charge in [0.05, 0.1) is 24.4 Å². The molecule has 0 radical (unpaired) electrons. The topological polar surface area (TPSA) is 86.1 Å². The Hall–Kier alpha value is -2.91. The van der Waals surface area contributed by atoms with E-state index in [1.165, 1.54) is 23.1 Å². The third kappa shape index (κ3) is 5.04. The molecule has 0 saturated heterocycles. The number of fused-ring (bicyclic) bond motifs is 3. The number of nitrogens with zero attached hydrogens (tertiary/aromatic N) is 3. The molecule has 0 fully saturated rings. The summed E-state index contributed by atoms with van der Waals surface area (Å²) in [6.45, 7) is 6.75. The Balaban J connectivity index is 1.78. The number of ether oxygens (including phenoxy) is 1. The molecule has 4 aromatic rings. The Labute approximate surface area is 200 Å². The fourth-order valence-corrected chi connectivity index (χ4v) is 5.27. The molecule has 4 rings (SSSR count). The lowest BCUT2D eigenvalue weighted by atomic mass is 10.2. The quantitative estimate of drug-likeness (QED) is 0.280. The molecule has 0 aliphatic carbocycles. The minimum Gasteiger partial charge on any atom is -0.494 e. The number of carbonyl (C=O) groups excluding carboxylic acids is 1. The second kappa shape index (κ2) is 10.4. The lowest BCUT2D eigenvalue weighted by Crippen LogP contribution is -2.33. The Bertz CT molecular complexity index is 1350. The Kier molecular flexibility index (Phi) is 7.29. The van der Waals surface area contributed by atoms with Gasteiger partial charge in [-0.3, -0.25) is 14.2 Å². The summed E-state index contributed by atoms with van der Waals surface area (Å²) in [7, 11) is 0. The maximum absolute atomic E-state index is 13.6. The average Bonchev–Trinajstić information content (AvgIpc) is 3.20. The monoisotopic (exact) mass is 482 g/mol. The number of thioether (sulfide) groups is 1. The van der Waals surface area contributed by atoms with Gasteiger partial charge >= 0.3 is 0 Å². The predicted octanol–water partition coefficient (Wildman–Crippen LogP) is 4.46. The van der Waals surface area contributed by atoms with Crippen LogP contribution in [-0.2, 0) is 11.3 Å². The molecule has 3 heterocycles. The summed E-state index contributed by atoms with van der Waals surface area (Å²) >= 11 is 2.62. The van der Waals surface area contributed by atoms with Crippen molar-refractivity contribution in [2.45, 2.75) is 44.9 Å². The van der Waals surface area contributed by atoms with Crippen LogP contribution in [0.3, 0.4) is 0 Å². The van der Waals surface area contributed by atoms with Gasteiger partial charge in [-0.1, -0.05) is 36.9 Å². The molecule has 1 amide bonds. The van der Waals surface area contributed by atoms with Gasteiger partial charge < -0.3 is 10.1 Å². The fourth-order valence-electron chi connectivity index (χ4n) is 3.44. The van der Waals surface area contributed by atoms with Gasteiger partial charge in [0.1, 0.15) is 15.3 Å². The molecule has 0 unspecified atom stereocenters. The summed E-state index contributed by atoms with van der Waals surface area (Å²) in [5, 5.41) is 4.32. The van der Waals surface area contributed by atoms with Crippen LogP contribution in [-0.4, -0.2) is 38.8 Å². The molecular formula is C24H26N4O3S2. The molecule has 3 aromatic heterocycles. The Morgan fingerprint density at radius 1 is 1.24 bits per heavy atom. The maximum atomic E-state index is 13.6. The first-order chi connectivity index (χ1) is 16.0. The van der Waals surface area contributed by atoms with Gasteiger partial charge in [0.25, 0.3) is 5.56 Å². The lowest BCUT2D eigenvalue weighted by molar-refractivity contribution is -0.119. The van der Waals surface area contributed by atoms with Gasteiger partial charge in [0.2, 0.25) is 5.91 Å². The summed E-state index contributed by atoms with van der Waals surface area (Å²) in [6.07, 6.45) is 2.57. The van der Waals surface area contributed by atoms with Crippen LogP contribution in [0.4, 0.5) is 0 Å². The number of nitrogens with one attached hydrogen (secondary N) is 1. The summed E-state index contributed by atoms with van der Waals surface area (Å²) in [5.74, 6) is 0.827. The van der Waals surface area contributed by atoms with Crippen molar-refractivity contribution < 1.29 is 9.53 Å².